The number of nitrogens with zero attached hydrogens (tertiary/aromatic N) is 2. The van der Waals surface area contributed by atoms with Gasteiger partial charge in [-0.05, 0) is 66.6 Å². The molecule has 1 aliphatic heterocycles. The second kappa shape index (κ2) is 11.1. The van der Waals surface area contributed by atoms with Gasteiger partial charge in [0.15, 0.2) is 11.5 Å². The van der Waals surface area contributed by atoms with E-state index in [9.17, 15) is 14.7 Å². The quantitative estimate of drug-likeness (QED) is 0.183. The molecule has 3 aromatic rings. The molecule has 36 heavy (non-hydrogen) atoms. The Kier molecular flexibility index (Phi) is 7.71. The molecule has 0 spiro atoms. The van der Waals surface area contributed by atoms with Crippen molar-refractivity contribution in [1.29, 1.82) is 0 Å². The number of aliphatic hydroxyl groups excluding tert-OH is 1. The van der Waals surface area contributed by atoms with E-state index in [1.54, 1.807) is 73.1 Å². The van der Waals surface area contributed by atoms with Gasteiger partial charge in [0, 0.05) is 29.5 Å². The molecule has 0 radical (unpaired) electrons. The maximum atomic E-state index is 13.3. The van der Waals surface area contributed by atoms with Crippen LogP contribution in [0.2, 0.25) is 5.02 Å². The lowest BCUT2D eigenvalue weighted by Crippen LogP contribution is -2.29. The molecule has 1 amide bonds. The first-order valence-corrected chi connectivity index (χ1v) is 11.8. The number of amides is 1. The van der Waals surface area contributed by atoms with Crippen molar-refractivity contribution >= 4 is 29.1 Å². The minimum atomic E-state index is -0.860. The van der Waals surface area contributed by atoms with Crippen LogP contribution in [-0.2, 0) is 16.1 Å². The molecular formula is C28H25ClN2O5. The molecule has 1 atom stereocenters. The zero-order valence-corrected chi connectivity index (χ0v) is 20.4. The number of halogens is 1. The van der Waals surface area contributed by atoms with Gasteiger partial charge >= 0.3 is 0 Å². The predicted molar refractivity (Wildman–Crippen MR) is 137 cm³/mol. The lowest BCUT2D eigenvalue weighted by Gasteiger charge is -2.26. The first-order chi connectivity index (χ1) is 17.4. The standard InChI is InChI=1S/C28H25ClN2O5/c1-3-15-36-22-10-7-20(16-23(22)35-4-2)25-24(26(32)19-5-8-21(29)9-6-19)27(33)28(34)31(25)17-18-11-13-30-14-12-18/h3,5-14,16,25,32H,1,4,15,17H2,2H3. The predicted octanol–water partition coefficient (Wildman–Crippen LogP) is 5.32. The molecule has 2 aromatic carbocycles. The first kappa shape index (κ1) is 25.0. The molecule has 1 unspecified atom stereocenters. The number of aliphatic hydroxyl groups is 1. The minimum absolute atomic E-state index is 0.0152. The van der Waals surface area contributed by atoms with E-state index in [1.807, 2.05) is 6.92 Å². The highest BCUT2D eigenvalue weighted by Gasteiger charge is 2.46. The van der Waals surface area contributed by atoms with Crippen molar-refractivity contribution < 1.29 is 24.2 Å². The summed E-state index contributed by atoms with van der Waals surface area (Å²) in [6.07, 6.45) is 4.86. The van der Waals surface area contributed by atoms with Crippen LogP contribution in [0.1, 0.15) is 29.7 Å². The van der Waals surface area contributed by atoms with Crippen LogP contribution in [0.4, 0.5) is 0 Å². The van der Waals surface area contributed by atoms with Gasteiger partial charge in [0.05, 0.1) is 18.2 Å². The maximum Gasteiger partial charge on any atom is 0.295 e. The van der Waals surface area contributed by atoms with E-state index < -0.39 is 17.7 Å². The normalized spacial score (nSPS) is 16.7. The summed E-state index contributed by atoms with van der Waals surface area (Å²) in [5.74, 6) is -0.803. The van der Waals surface area contributed by atoms with E-state index in [0.29, 0.717) is 34.3 Å². The molecule has 184 valence electrons. The molecule has 0 saturated carbocycles. The summed E-state index contributed by atoms with van der Waals surface area (Å²) < 4.78 is 11.5. The highest BCUT2D eigenvalue weighted by molar-refractivity contribution is 6.46. The van der Waals surface area contributed by atoms with Gasteiger partial charge in [-0.15, -0.1) is 0 Å². The third-order valence-corrected chi connectivity index (χ3v) is 5.95. The third kappa shape index (κ3) is 5.11. The number of hydrogen-bond donors (Lipinski definition) is 1. The van der Waals surface area contributed by atoms with E-state index in [0.717, 1.165) is 5.56 Å². The molecule has 1 N–H and O–H groups in total. The zero-order chi connectivity index (χ0) is 25.7. The fourth-order valence-corrected chi connectivity index (χ4v) is 4.19. The molecule has 8 heteroatoms. The van der Waals surface area contributed by atoms with Crippen LogP contribution < -0.4 is 9.47 Å². The maximum absolute atomic E-state index is 13.3. The Morgan fingerprint density at radius 1 is 1.08 bits per heavy atom. The number of aromatic nitrogens is 1. The van der Waals surface area contributed by atoms with Crippen molar-refractivity contribution in [3.8, 4) is 11.5 Å². The summed E-state index contributed by atoms with van der Waals surface area (Å²) in [4.78, 5) is 32.0. The smallest absolute Gasteiger partial charge is 0.295 e. The Bertz CT molecular complexity index is 1310. The van der Waals surface area contributed by atoms with E-state index >= 15 is 0 Å². The molecule has 1 aliphatic rings. The molecule has 0 aliphatic carbocycles. The van der Waals surface area contributed by atoms with E-state index in [-0.39, 0.29) is 24.5 Å². The number of benzene rings is 2. The molecule has 1 aromatic heterocycles. The second-order valence-corrected chi connectivity index (χ2v) is 8.46. The number of likely N-dealkylation sites (tertiary alicyclic amines) is 1. The summed E-state index contributed by atoms with van der Waals surface area (Å²) in [6.45, 7) is 6.33. The van der Waals surface area contributed by atoms with Crippen molar-refractivity contribution in [2.45, 2.75) is 19.5 Å². The van der Waals surface area contributed by atoms with Gasteiger partial charge in [0.1, 0.15) is 12.4 Å². The number of ether oxygens (including phenoxy) is 2. The molecule has 1 fully saturated rings. The van der Waals surface area contributed by atoms with Gasteiger partial charge in [0.25, 0.3) is 11.7 Å². The van der Waals surface area contributed by atoms with Crippen LogP contribution in [0.3, 0.4) is 0 Å². The fraction of sp³-hybridized carbons (Fsp3) is 0.179. The average Bonchev–Trinajstić information content (AvgIpc) is 3.13. The van der Waals surface area contributed by atoms with Crippen LogP contribution in [0.15, 0.2) is 85.2 Å². The molecule has 2 heterocycles. The van der Waals surface area contributed by atoms with Crippen molar-refractivity contribution in [3.63, 3.8) is 0 Å². The van der Waals surface area contributed by atoms with E-state index in [1.165, 1.54) is 4.90 Å². The van der Waals surface area contributed by atoms with Crippen LogP contribution in [0, 0.1) is 0 Å². The number of rotatable bonds is 9. The lowest BCUT2D eigenvalue weighted by molar-refractivity contribution is -0.140. The van der Waals surface area contributed by atoms with Gasteiger partial charge in [0.2, 0.25) is 0 Å². The van der Waals surface area contributed by atoms with Crippen molar-refractivity contribution in [3.05, 3.63) is 107 Å². The zero-order valence-electron chi connectivity index (χ0n) is 19.7. The van der Waals surface area contributed by atoms with E-state index in [4.69, 9.17) is 21.1 Å². The van der Waals surface area contributed by atoms with Gasteiger partial charge in [-0.25, -0.2) is 0 Å². The van der Waals surface area contributed by atoms with E-state index in [2.05, 4.69) is 11.6 Å². The van der Waals surface area contributed by atoms with Crippen LogP contribution in [-0.4, -0.2) is 39.9 Å². The summed E-state index contributed by atoms with van der Waals surface area (Å²) >= 11 is 6.00. The number of carbonyl (C=O) groups excluding carboxylic acids is 2. The molecule has 0 bridgehead atoms. The van der Waals surface area contributed by atoms with Crippen molar-refractivity contribution in [2.75, 3.05) is 13.2 Å². The van der Waals surface area contributed by atoms with Crippen LogP contribution >= 0.6 is 11.6 Å². The molecule has 4 rings (SSSR count). The van der Waals surface area contributed by atoms with Gasteiger partial charge in [-0.3, -0.25) is 14.6 Å². The Labute approximate surface area is 214 Å². The summed E-state index contributed by atoms with van der Waals surface area (Å²) in [5.41, 5.74) is 1.74. The third-order valence-electron chi connectivity index (χ3n) is 5.70. The van der Waals surface area contributed by atoms with Crippen molar-refractivity contribution in [1.82, 2.24) is 9.88 Å². The molecule has 7 nitrogen and oxygen atoms in total. The summed E-state index contributed by atoms with van der Waals surface area (Å²) in [7, 11) is 0. The fourth-order valence-electron chi connectivity index (χ4n) is 4.07. The lowest BCUT2D eigenvalue weighted by atomic mass is 9.95. The summed E-state index contributed by atoms with van der Waals surface area (Å²) in [6, 6.07) is 14.3. The molecule has 1 saturated heterocycles. The van der Waals surface area contributed by atoms with Gasteiger partial charge in [-0.1, -0.05) is 30.3 Å². The van der Waals surface area contributed by atoms with Gasteiger partial charge < -0.3 is 19.5 Å². The average molecular weight is 505 g/mol. The Morgan fingerprint density at radius 2 is 1.81 bits per heavy atom. The Balaban J connectivity index is 1.87. The SMILES string of the molecule is C=CCOc1ccc(C2C(=C(O)c3ccc(Cl)cc3)C(=O)C(=O)N2Cc2ccncc2)cc1OCC. The number of hydrogen-bond acceptors (Lipinski definition) is 6. The first-order valence-electron chi connectivity index (χ1n) is 11.4. The number of carbonyl (C=O) groups is 2. The number of Topliss-reactive ketones (excluding diaryl/α,β-unsaturated/α-hetero) is 1. The van der Waals surface area contributed by atoms with Gasteiger partial charge in [-0.2, -0.15) is 0 Å². The van der Waals surface area contributed by atoms with Crippen LogP contribution in [0.5, 0.6) is 11.5 Å². The topological polar surface area (TPSA) is 89.0 Å². The Hall–Kier alpha value is -4.10. The number of ketones is 1. The minimum Gasteiger partial charge on any atom is -0.507 e. The molecular weight excluding hydrogens is 480 g/mol. The highest BCUT2D eigenvalue weighted by Crippen LogP contribution is 2.42. The second-order valence-electron chi connectivity index (χ2n) is 8.03. The summed E-state index contributed by atoms with van der Waals surface area (Å²) in [5, 5.41) is 11.7. The van der Waals surface area contributed by atoms with Crippen LogP contribution in [0.25, 0.3) is 5.76 Å². The highest BCUT2D eigenvalue weighted by atomic mass is 35.5. The Morgan fingerprint density at radius 3 is 2.47 bits per heavy atom. The number of pyridine rings is 1. The largest absolute Gasteiger partial charge is 0.507 e. The monoisotopic (exact) mass is 504 g/mol. The van der Waals surface area contributed by atoms with Crippen molar-refractivity contribution in [2.24, 2.45) is 0 Å².